The van der Waals surface area contributed by atoms with Gasteiger partial charge in [0.25, 0.3) is 0 Å². The van der Waals surface area contributed by atoms with E-state index in [0.717, 1.165) is 0 Å². The Kier molecular flexibility index (Phi) is 5.51. The molecule has 1 aliphatic rings. The second-order valence-corrected chi connectivity index (χ2v) is 6.43. The molecule has 1 saturated heterocycles. The van der Waals surface area contributed by atoms with Crippen LogP contribution in [0.1, 0.15) is 6.92 Å². The van der Waals surface area contributed by atoms with Crippen LogP contribution in [0.5, 0.6) is 0 Å². The lowest BCUT2D eigenvalue weighted by atomic mass is 10.4. The predicted octanol–water partition coefficient (Wildman–Crippen LogP) is -1.51. The van der Waals surface area contributed by atoms with Crippen molar-refractivity contribution in [3.63, 3.8) is 0 Å². The van der Waals surface area contributed by atoms with Crippen LogP contribution in [-0.2, 0) is 19.6 Å². The van der Waals surface area contributed by atoms with E-state index in [-0.39, 0.29) is 6.61 Å². The van der Waals surface area contributed by atoms with Crippen LogP contribution in [0.4, 0.5) is 0 Å². The summed E-state index contributed by atoms with van der Waals surface area (Å²) in [7, 11) is -2.47. The second kappa shape index (κ2) is 6.46. The Bertz CT molecular complexity index is 376. The first-order valence-electron chi connectivity index (χ1n) is 5.83. The lowest BCUT2D eigenvalue weighted by Crippen LogP contribution is -2.52. The molecule has 1 fully saturated rings. The van der Waals surface area contributed by atoms with E-state index in [9.17, 15) is 13.2 Å². The number of aliphatic hydroxyl groups excluding tert-OH is 1. The summed E-state index contributed by atoms with van der Waals surface area (Å²) in [5, 5.41) is 7.63. The minimum absolute atomic E-state index is 0.0608. The van der Waals surface area contributed by atoms with Gasteiger partial charge in [-0.15, -0.1) is 0 Å². The first-order valence-corrected chi connectivity index (χ1v) is 7.33. The third-order valence-electron chi connectivity index (χ3n) is 3.09. The standard InChI is InChI=1S/C10H20N2O5S/c1-9(10(14)17-2)18(15,16)12-5-3-11(4-6-12)7-8-13/h9,13H,3-8H2,1-2H3. The number of methoxy groups -OCH3 is 1. The maximum Gasteiger partial charge on any atom is 0.325 e. The fourth-order valence-electron chi connectivity index (χ4n) is 1.86. The Hall–Kier alpha value is -0.700. The van der Waals surface area contributed by atoms with Crippen molar-refractivity contribution in [2.75, 3.05) is 46.4 Å². The summed E-state index contributed by atoms with van der Waals surface area (Å²) in [6.07, 6.45) is 0. The van der Waals surface area contributed by atoms with Gasteiger partial charge in [-0.25, -0.2) is 8.42 Å². The molecule has 8 heteroatoms. The van der Waals surface area contributed by atoms with Gasteiger partial charge in [-0.1, -0.05) is 0 Å². The molecular weight excluding hydrogens is 260 g/mol. The highest BCUT2D eigenvalue weighted by atomic mass is 32.2. The van der Waals surface area contributed by atoms with Crippen molar-refractivity contribution in [3.8, 4) is 0 Å². The summed E-state index contributed by atoms with van der Waals surface area (Å²) in [5.74, 6) is -0.743. The average molecular weight is 280 g/mol. The summed E-state index contributed by atoms with van der Waals surface area (Å²) < 4.78 is 30.0. The minimum Gasteiger partial charge on any atom is -0.468 e. The normalized spacial score (nSPS) is 20.6. The second-order valence-electron chi connectivity index (χ2n) is 4.17. The zero-order chi connectivity index (χ0) is 13.8. The molecule has 0 spiro atoms. The minimum atomic E-state index is -3.64. The van der Waals surface area contributed by atoms with Gasteiger partial charge in [-0.2, -0.15) is 4.31 Å². The Morgan fingerprint density at radius 1 is 1.33 bits per heavy atom. The molecule has 0 amide bonds. The molecule has 7 nitrogen and oxygen atoms in total. The van der Waals surface area contributed by atoms with Crippen LogP contribution in [0.3, 0.4) is 0 Å². The third kappa shape index (κ3) is 3.41. The first-order chi connectivity index (χ1) is 8.43. The van der Waals surface area contributed by atoms with E-state index in [4.69, 9.17) is 5.11 Å². The first kappa shape index (κ1) is 15.4. The number of nitrogens with zero attached hydrogens (tertiary/aromatic N) is 2. The number of hydrogen-bond donors (Lipinski definition) is 1. The fraction of sp³-hybridized carbons (Fsp3) is 0.900. The largest absolute Gasteiger partial charge is 0.468 e. The molecule has 18 heavy (non-hydrogen) atoms. The van der Waals surface area contributed by atoms with Crippen LogP contribution in [0.2, 0.25) is 0 Å². The van der Waals surface area contributed by atoms with Crippen molar-refractivity contribution in [1.29, 1.82) is 0 Å². The van der Waals surface area contributed by atoms with Crippen molar-refractivity contribution < 1.29 is 23.1 Å². The van der Waals surface area contributed by atoms with Gasteiger partial charge in [-0.05, 0) is 6.92 Å². The molecule has 1 aliphatic heterocycles. The number of aliphatic hydroxyl groups is 1. The van der Waals surface area contributed by atoms with Crippen molar-refractivity contribution in [2.24, 2.45) is 0 Å². The Morgan fingerprint density at radius 2 is 1.89 bits per heavy atom. The number of sulfonamides is 1. The smallest absolute Gasteiger partial charge is 0.325 e. The van der Waals surface area contributed by atoms with E-state index >= 15 is 0 Å². The summed E-state index contributed by atoms with van der Waals surface area (Å²) in [6, 6.07) is 0. The Morgan fingerprint density at radius 3 is 2.33 bits per heavy atom. The highest BCUT2D eigenvalue weighted by molar-refractivity contribution is 7.90. The molecule has 0 bridgehead atoms. The quantitative estimate of drug-likeness (QED) is 0.616. The van der Waals surface area contributed by atoms with E-state index in [1.54, 1.807) is 0 Å². The highest BCUT2D eigenvalue weighted by Crippen LogP contribution is 2.13. The van der Waals surface area contributed by atoms with Crippen molar-refractivity contribution in [2.45, 2.75) is 12.2 Å². The molecule has 1 unspecified atom stereocenters. The number of piperazine rings is 1. The lowest BCUT2D eigenvalue weighted by Gasteiger charge is -2.34. The van der Waals surface area contributed by atoms with E-state index in [0.29, 0.717) is 32.7 Å². The maximum atomic E-state index is 12.1. The number of esters is 1. The summed E-state index contributed by atoms with van der Waals surface area (Å²) >= 11 is 0. The topological polar surface area (TPSA) is 87.2 Å². The zero-order valence-electron chi connectivity index (χ0n) is 10.7. The van der Waals surface area contributed by atoms with Crippen LogP contribution in [-0.4, -0.2) is 80.4 Å². The number of β-amino-alcohol motifs (C(OH)–C–C–N with tert-alkyl or cyclic N) is 1. The van der Waals surface area contributed by atoms with Gasteiger partial charge in [0, 0.05) is 32.7 Å². The van der Waals surface area contributed by atoms with Crippen LogP contribution in [0.25, 0.3) is 0 Å². The molecular formula is C10H20N2O5S. The van der Waals surface area contributed by atoms with Gasteiger partial charge in [0.1, 0.15) is 0 Å². The van der Waals surface area contributed by atoms with Crippen molar-refractivity contribution >= 4 is 16.0 Å². The van der Waals surface area contributed by atoms with Gasteiger partial charge in [0.05, 0.1) is 13.7 Å². The lowest BCUT2D eigenvalue weighted by molar-refractivity contribution is -0.139. The third-order valence-corrected chi connectivity index (χ3v) is 5.26. The molecule has 1 heterocycles. The maximum absolute atomic E-state index is 12.1. The van der Waals surface area contributed by atoms with E-state index in [1.165, 1.54) is 18.3 Å². The molecule has 0 radical (unpaired) electrons. The van der Waals surface area contributed by atoms with Gasteiger partial charge < -0.3 is 9.84 Å². The number of carbonyl (C=O) groups is 1. The van der Waals surface area contributed by atoms with Gasteiger partial charge in [0.2, 0.25) is 10.0 Å². The predicted molar refractivity (Wildman–Crippen MR) is 65.5 cm³/mol. The van der Waals surface area contributed by atoms with Crippen molar-refractivity contribution in [3.05, 3.63) is 0 Å². The summed E-state index contributed by atoms with van der Waals surface area (Å²) in [6.45, 7) is 3.74. The highest BCUT2D eigenvalue weighted by Gasteiger charge is 2.36. The molecule has 0 aliphatic carbocycles. The SMILES string of the molecule is COC(=O)C(C)S(=O)(=O)N1CCN(CCO)CC1. The summed E-state index contributed by atoms with van der Waals surface area (Å²) in [4.78, 5) is 13.3. The van der Waals surface area contributed by atoms with Gasteiger partial charge in [-0.3, -0.25) is 9.69 Å². The molecule has 1 rings (SSSR count). The number of carbonyl (C=O) groups excluding carboxylic acids is 1. The Labute approximate surface area is 107 Å². The number of ether oxygens (including phenoxy) is 1. The number of hydrogen-bond acceptors (Lipinski definition) is 6. The zero-order valence-corrected chi connectivity index (χ0v) is 11.5. The molecule has 1 N–H and O–H groups in total. The molecule has 0 aromatic carbocycles. The van der Waals surface area contributed by atoms with Crippen molar-refractivity contribution in [1.82, 2.24) is 9.21 Å². The number of rotatable bonds is 5. The molecule has 1 atom stereocenters. The van der Waals surface area contributed by atoms with E-state index < -0.39 is 21.2 Å². The molecule has 106 valence electrons. The van der Waals surface area contributed by atoms with Crippen LogP contribution < -0.4 is 0 Å². The Balaban J connectivity index is 2.63. The van der Waals surface area contributed by atoms with Crippen LogP contribution in [0, 0.1) is 0 Å². The molecule has 0 aromatic heterocycles. The van der Waals surface area contributed by atoms with Crippen LogP contribution >= 0.6 is 0 Å². The molecule has 0 aromatic rings. The van der Waals surface area contributed by atoms with Crippen LogP contribution in [0.15, 0.2) is 0 Å². The van der Waals surface area contributed by atoms with Gasteiger partial charge in [0.15, 0.2) is 5.25 Å². The monoisotopic (exact) mass is 280 g/mol. The van der Waals surface area contributed by atoms with E-state index in [1.807, 2.05) is 4.90 Å². The van der Waals surface area contributed by atoms with Gasteiger partial charge >= 0.3 is 5.97 Å². The molecule has 0 saturated carbocycles. The fourth-order valence-corrected chi connectivity index (χ4v) is 3.32. The average Bonchev–Trinajstić information content (AvgIpc) is 2.38. The van der Waals surface area contributed by atoms with E-state index in [2.05, 4.69) is 4.74 Å². The summed E-state index contributed by atoms with van der Waals surface area (Å²) in [5.41, 5.74) is 0.